The normalized spacial score (nSPS) is 25.4. The summed E-state index contributed by atoms with van der Waals surface area (Å²) in [5.41, 5.74) is 3.42. The molecule has 388 valence electrons. The van der Waals surface area contributed by atoms with E-state index in [9.17, 15) is 28.4 Å². The van der Waals surface area contributed by atoms with Crippen LogP contribution in [0.2, 0.25) is 0 Å². The highest BCUT2D eigenvalue weighted by molar-refractivity contribution is 7.90. The molecule has 1 spiro atoms. The van der Waals surface area contributed by atoms with Gasteiger partial charge in [0.25, 0.3) is 21.6 Å². The van der Waals surface area contributed by atoms with Crippen molar-refractivity contribution in [1.29, 1.82) is 0 Å². The minimum absolute atomic E-state index is 0.107. The van der Waals surface area contributed by atoms with Crippen molar-refractivity contribution in [3.05, 3.63) is 100 Å². The number of rotatable bonds is 13. The van der Waals surface area contributed by atoms with Gasteiger partial charge in [-0.3, -0.25) is 19.8 Å². The highest BCUT2D eigenvalue weighted by Gasteiger charge is 2.50. The molecule has 3 atom stereocenters. The Morgan fingerprint density at radius 1 is 0.973 bits per heavy atom. The topological polar surface area (TPSA) is 205 Å². The second-order valence-electron chi connectivity index (χ2n) is 22.1. The van der Waals surface area contributed by atoms with Crippen LogP contribution in [0.5, 0.6) is 11.6 Å². The minimum Gasteiger partial charge on any atom is -0.491 e. The van der Waals surface area contributed by atoms with E-state index in [4.69, 9.17) is 19.2 Å². The number of amides is 1. The summed E-state index contributed by atoms with van der Waals surface area (Å²) in [4.78, 5) is 41.3. The fourth-order valence-corrected chi connectivity index (χ4v) is 13.7. The number of hydrogen-bond acceptors (Lipinski definition) is 14. The molecule has 4 N–H and O–H groups in total. The number of anilines is 4. The summed E-state index contributed by atoms with van der Waals surface area (Å²) in [6.07, 6.45) is 12.8. The first-order chi connectivity index (χ1) is 35.1. The quantitative estimate of drug-likeness (QED) is 0.0641. The molecule has 11 rings (SSSR count). The van der Waals surface area contributed by atoms with Gasteiger partial charge in [-0.15, -0.1) is 0 Å². The Bertz CT molecular complexity index is 2970. The third-order valence-corrected chi connectivity index (χ3v) is 18.1. The van der Waals surface area contributed by atoms with E-state index in [-0.39, 0.29) is 34.7 Å². The highest BCUT2D eigenvalue weighted by Crippen LogP contribution is 2.55. The zero-order chi connectivity index (χ0) is 50.6. The van der Waals surface area contributed by atoms with Crippen LogP contribution in [-0.4, -0.2) is 109 Å². The van der Waals surface area contributed by atoms with Crippen LogP contribution in [-0.2, 0) is 14.8 Å². The Morgan fingerprint density at radius 2 is 1.77 bits per heavy atom. The lowest BCUT2D eigenvalue weighted by Crippen LogP contribution is -2.56. The Kier molecular flexibility index (Phi) is 13.3. The molecular formula is C55H68N8O9S. The van der Waals surface area contributed by atoms with Gasteiger partial charge in [0.15, 0.2) is 0 Å². The molecule has 4 aliphatic heterocycles. The molecule has 18 heteroatoms. The summed E-state index contributed by atoms with van der Waals surface area (Å²) in [7, 11) is -4.62. The number of aromatic amines is 1. The molecule has 3 saturated heterocycles. The number of piperidine rings is 2. The van der Waals surface area contributed by atoms with Gasteiger partial charge in [0.1, 0.15) is 28.9 Å². The molecule has 5 aromatic rings. The molecule has 0 bridgehead atoms. The molecule has 73 heavy (non-hydrogen) atoms. The molecule has 0 radical (unpaired) electrons. The molecule has 6 aliphatic rings. The van der Waals surface area contributed by atoms with E-state index in [1.54, 1.807) is 6.07 Å². The van der Waals surface area contributed by atoms with Gasteiger partial charge in [-0.05, 0) is 158 Å². The molecular weight excluding hydrogens is 949 g/mol. The maximum absolute atomic E-state index is 14.7. The second-order valence-corrected chi connectivity index (χ2v) is 23.8. The van der Waals surface area contributed by atoms with E-state index in [2.05, 4.69) is 67.8 Å². The lowest BCUT2D eigenvalue weighted by atomic mass is 9.59. The number of nitrogens with zero attached hydrogens (tertiary/aromatic N) is 5. The number of carbonyl (C=O) groups is 1. The Hall–Kier alpha value is -5.95. The van der Waals surface area contributed by atoms with Gasteiger partial charge in [0.05, 0.1) is 45.4 Å². The number of likely N-dealkylation sites (tertiary alicyclic amines) is 1. The number of fused-ring (bicyclic) bond motifs is 3. The molecule has 0 unspecified atom stereocenters. The Labute approximate surface area is 427 Å². The van der Waals surface area contributed by atoms with E-state index in [0.29, 0.717) is 74.0 Å². The standard InChI is InChI=1S/C55H68N8O9S/c1-35(2)71-49-10-5-4-8-41(49)44-9-6-7-24-61(44)39-31-55(32-39)21-25-60(26-22-55)38-11-13-42(46(29-38)62-45-18-27-70-34-50(45)72-53-48(62)28-37-17-23-56-51(37)58-53)52(64)59-73(68,69)40-12-14-43(47(30-40)63(66)67)57-33-36-15-19-54(3,65)20-16-36/h4-5,8,10-14,17,23,28-30,35-36,39,44-45,50,57,65H,6-7,9,15-16,18-22,24-27,31-34H2,1-3H3,(H,56,58)(H,59,64)/t36-,44-,45-,50-,54-/m0/s1. The fourth-order valence-electron chi connectivity index (χ4n) is 12.7. The van der Waals surface area contributed by atoms with Crippen molar-refractivity contribution >= 4 is 55.4 Å². The van der Waals surface area contributed by atoms with Crippen LogP contribution >= 0.6 is 0 Å². The molecule has 17 nitrogen and oxygen atoms in total. The van der Waals surface area contributed by atoms with Crippen molar-refractivity contribution in [3.63, 3.8) is 0 Å². The fraction of sp³-hybridized carbons (Fsp3) is 0.527. The lowest BCUT2D eigenvalue weighted by molar-refractivity contribution is -0.384. The average molecular weight is 1020 g/mol. The number of aromatic nitrogens is 2. The molecule has 1 amide bonds. The van der Waals surface area contributed by atoms with Crippen molar-refractivity contribution in [2.75, 3.05) is 54.5 Å². The molecule has 2 aromatic heterocycles. The molecule has 3 aromatic carbocycles. The number of nitro groups is 1. The summed E-state index contributed by atoms with van der Waals surface area (Å²) in [6.45, 7) is 9.95. The van der Waals surface area contributed by atoms with Crippen LogP contribution in [0, 0.1) is 21.4 Å². The number of para-hydroxylation sites is 1. The molecule has 5 fully saturated rings. The number of H-pyrrole nitrogens is 1. The number of carbonyl (C=O) groups excluding carboxylic acids is 1. The molecule has 2 aliphatic carbocycles. The van der Waals surface area contributed by atoms with Crippen LogP contribution in [0.4, 0.5) is 28.4 Å². The predicted octanol–water partition coefficient (Wildman–Crippen LogP) is 9.39. The number of benzene rings is 3. The smallest absolute Gasteiger partial charge is 0.293 e. The molecule has 2 saturated carbocycles. The van der Waals surface area contributed by atoms with Crippen LogP contribution in [0.3, 0.4) is 0 Å². The summed E-state index contributed by atoms with van der Waals surface area (Å²) >= 11 is 0. The highest BCUT2D eigenvalue weighted by atomic mass is 32.2. The van der Waals surface area contributed by atoms with E-state index in [1.165, 1.54) is 30.5 Å². The van der Waals surface area contributed by atoms with Gasteiger partial charge in [0, 0.05) is 67.2 Å². The summed E-state index contributed by atoms with van der Waals surface area (Å²) in [5.74, 6) is 0.687. The zero-order valence-corrected chi connectivity index (χ0v) is 42.9. The SMILES string of the molecule is CC(C)Oc1ccccc1[C@@H]1CCCCN1C1CC2(CCN(c3ccc(C(=O)NS(=O)(=O)c4ccc(NC[C@H]5CC[C@](C)(O)CC5)c([N+](=O)[O-])c4)c(N4c5cc6cc[nH]c6nc5O[C@H]5COCC[C@@H]54)c3)CC2)C1. The predicted molar refractivity (Wildman–Crippen MR) is 280 cm³/mol. The third kappa shape index (κ3) is 9.95. The summed E-state index contributed by atoms with van der Waals surface area (Å²) in [5, 5.41) is 26.8. The van der Waals surface area contributed by atoms with Crippen molar-refractivity contribution in [3.8, 4) is 11.6 Å². The average Bonchev–Trinajstić information content (AvgIpc) is 3.83. The first-order valence-electron chi connectivity index (χ1n) is 26.4. The van der Waals surface area contributed by atoms with Crippen LogP contribution in [0.1, 0.15) is 120 Å². The number of sulfonamides is 1. The number of ether oxygens (including phenoxy) is 3. The van der Waals surface area contributed by atoms with Gasteiger partial charge in [-0.25, -0.2) is 13.1 Å². The van der Waals surface area contributed by atoms with Crippen LogP contribution in [0.25, 0.3) is 11.0 Å². The Morgan fingerprint density at radius 3 is 2.55 bits per heavy atom. The van der Waals surface area contributed by atoms with Gasteiger partial charge in [-0.2, -0.15) is 4.98 Å². The first-order valence-corrected chi connectivity index (χ1v) is 27.8. The Balaban J connectivity index is 0.859. The van der Waals surface area contributed by atoms with Crippen molar-refractivity contribution in [2.24, 2.45) is 11.3 Å². The number of aliphatic hydroxyl groups is 1. The third-order valence-electron chi connectivity index (χ3n) is 16.7. The largest absolute Gasteiger partial charge is 0.491 e. The first kappa shape index (κ1) is 49.3. The summed E-state index contributed by atoms with van der Waals surface area (Å²) in [6, 6.07) is 22.3. The van der Waals surface area contributed by atoms with Crippen molar-refractivity contribution in [1.82, 2.24) is 19.6 Å². The maximum Gasteiger partial charge on any atom is 0.293 e. The van der Waals surface area contributed by atoms with Gasteiger partial charge < -0.3 is 39.4 Å². The number of hydrogen-bond donors (Lipinski definition) is 4. The second kappa shape index (κ2) is 19.7. The summed E-state index contributed by atoms with van der Waals surface area (Å²) < 4.78 is 49.4. The lowest BCUT2D eigenvalue weighted by Gasteiger charge is -2.57. The van der Waals surface area contributed by atoms with E-state index in [0.717, 1.165) is 87.5 Å². The van der Waals surface area contributed by atoms with Gasteiger partial charge in [-0.1, -0.05) is 24.6 Å². The van der Waals surface area contributed by atoms with E-state index < -0.39 is 43.1 Å². The van der Waals surface area contributed by atoms with Crippen molar-refractivity contribution < 1.29 is 37.5 Å². The zero-order valence-electron chi connectivity index (χ0n) is 42.1. The van der Waals surface area contributed by atoms with Crippen LogP contribution in [0.15, 0.2) is 83.9 Å². The molecule has 6 heterocycles. The number of nitrogens with one attached hydrogen (secondary N) is 3. The van der Waals surface area contributed by atoms with Gasteiger partial charge in [0.2, 0.25) is 5.88 Å². The van der Waals surface area contributed by atoms with Crippen molar-refractivity contribution in [2.45, 2.75) is 139 Å². The maximum atomic E-state index is 14.7. The van der Waals surface area contributed by atoms with Crippen LogP contribution < -0.4 is 29.3 Å². The number of pyridine rings is 1. The van der Waals surface area contributed by atoms with E-state index >= 15 is 0 Å². The minimum atomic E-state index is -4.62. The number of nitro benzene ring substituents is 1. The monoisotopic (exact) mass is 1020 g/mol. The van der Waals surface area contributed by atoms with Gasteiger partial charge >= 0.3 is 0 Å². The van der Waals surface area contributed by atoms with E-state index in [1.807, 2.05) is 37.4 Å².